The number of halogens is 1. The molecule has 0 spiro atoms. The highest BCUT2D eigenvalue weighted by Gasteiger charge is 2.59. The van der Waals surface area contributed by atoms with E-state index in [-0.39, 0.29) is 37.3 Å². The Morgan fingerprint density at radius 3 is 2.23 bits per heavy atom. The van der Waals surface area contributed by atoms with Crippen LogP contribution in [0.25, 0.3) is 0 Å². The Bertz CT molecular complexity index is 1070. The predicted octanol–water partition coefficient (Wildman–Crippen LogP) is 5.01. The molecule has 0 saturated carbocycles. The second-order valence-electron chi connectivity index (χ2n) is 9.75. The zero-order valence-electron chi connectivity index (χ0n) is 23.0. The number of fused-ring (bicyclic) bond motifs is 1. The lowest BCUT2D eigenvalue weighted by Gasteiger charge is -2.23. The molecule has 0 bridgehead atoms. The van der Waals surface area contributed by atoms with E-state index >= 15 is 0 Å². The van der Waals surface area contributed by atoms with Gasteiger partial charge in [0.1, 0.15) is 5.82 Å². The van der Waals surface area contributed by atoms with Crippen LogP contribution in [0.2, 0.25) is 0 Å². The van der Waals surface area contributed by atoms with Crippen LogP contribution >= 0.6 is 0 Å². The summed E-state index contributed by atoms with van der Waals surface area (Å²) >= 11 is 0. The minimum Gasteiger partial charge on any atom is -0.459 e. The molecule has 2 atom stereocenters. The van der Waals surface area contributed by atoms with Gasteiger partial charge in [0, 0.05) is 12.6 Å². The molecule has 9 heteroatoms. The summed E-state index contributed by atoms with van der Waals surface area (Å²) in [4.78, 5) is 26.0. The molecular weight excluding hydrogens is 505 g/mol. The van der Waals surface area contributed by atoms with E-state index in [9.17, 15) is 19.1 Å². The monoisotopic (exact) mass is 545 g/mol. The van der Waals surface area contributed by atoms with Gasteiger partial charge in [-0.15, -0.1) is 0 Å². The van der Waals surface area contributed by atoms with Crippen LogP contribution in [-0.4, -0.2) is 48.6 Å². The van der Waals surface area contributed by atoms with Gasteiger partial charge in [-0.2, -0.15) is 0 Å². The van der Waals surface area contributed by atoms with Crippen LogP contribution in [0.3, 0.4) is 0 Å². The fraction of sp³-hybridized carbons (Fsp3) is 0.533. The van der Waals surface area contributed by atoms with Gasteiger partial charge in [0.25, 0.3) is 0 Å². The first-order chi connectivity index (χ1) is 18.8. The third kappa shape index (κ3) is 8.16. The van der Waals surface area contributed by atoms with E-state index in [0.717, 1.165) is 31.2 Å². The molecule has 0 radical (unpaired) electrons. The number of aliphatic hydroxyl groups is 1. The van der Waals surface area contributed by atoms with E-state index in [4.69, 9.17) is 18.9 Å². The molecule has 0 aromatic heterocycles. The van der Waals surface area contributed by atoms with Gasteiger partial charge in [-0.05, 0) is 61.1 Å². The molecule has 1 heterocycles. The van der Waals surface area contributed by atoms with E-state index in [2.05, 4.69) is 12.2 Å². The molecule has 0 aliphatic carbocycles. The van der Waals surface area contributed by atoms with Crippen molar-refractivity contribution >= 4 is 11.9 Å². The molecule has 8 nitrogen and oxygen atoms in total. The number of ether oxygens (including phenoxy) is 4. The zero-order valence-corrected chi connectivity index (χ0v) is 23.0. The lowest BCUT2D eigenvalue weighted by molar-refractivity contribution is -0.202. The Morgan fingerprint density at radius 1 is 0.949 bits per heavy atom. The molecule has 1 aliphatic heterocycles. The predicted molar refractivity (Wildman–Crippen MR) is 144 cm³/mol. The second kappa shape index (κ2) is 14.8. The first-order valence-electron chi connectivity index (χ1n) is 13.8. The second-order valence-corrected chi connectivity index (χ2v) is 9.75. The Balaban J connectivity index is 1.71. The van der Waals surface area contributed by atoms with Crippen molar-refractivity contribution in [2.75, 3.05) is 19.8 Å². The minimum atomic E-state index is -2.33. The molecule has 0 fully saturated rings. The maximum absolute atomic E-state index is 13.5. The van der Waals surface area contributed by atoms with Crippen molar-refractivity contribution in [2.24, 2.45) is 0 Å². The van der Waals surface area contributed by atoms with Crippen molar-refractivity contribution < 1.29 is 38.0 Å². The molecule has 2 N–H and O–H groups in total. The Morgan fingerprint density at radius 2 is 1.62 bits per heavy atom. The quantitative estimate of drug-likeness (QED) is 0.172. The summed E-state index contributed by atoms with van der Waals surface area (Å²) in [6.45, 7) is 6.53. The fourth-order valence-electron chi connectivity index (χ4n) is 4.25. The van der Waals surface area contributed by atoms with Crippen LogP contribution in [-0.2, 0) is 25.5 Å². The standard InChI is InChI=1S/C30H40FNO7/c1-4-7-15-36-28(34)30(29(35)37-16-8-5-2)38-26-14-13-21(18-27(26)39-30)17-24(10-6-3)32-20-25(33)22-11-9-12-23(31)19-22/h9,11-14,18-19,24-25,32-33H,4-8,10,15-17,20H2,1-3H3. The van der Waals surface area contributed by atoms with Crippen LogP contribution in [0.4, 0.5) is 4.39 Å². The maximum atomic E-state index is 13.5. The Kier molecular flexibility index (Phi) is 11.6. The lowest BCUT2D eigenvalue weighted by atomic mass is 10.0. The number of hydrogen-bond donors (Lipinski definition) is 2. The third-order valence-corrected chi connectivity index (χ3v) is 6.47. The third-order valence-electron chi connectivity index (χ3n) is 6.47. The van der Waals surface area contributed by atoms with Gasteiger partial charge in [0.15, 0.2) is 11.5 Å². The fourth-order valence-corrected chi connectivity index (χ4v) is 4.25. The summed E-state index contributed by atoms with van der Waals surface area (Å²) < 4.78 is 35.8. The SMILES string of the molecule is CCCCOC(=O)C1(C(=O)OCCCC)Oc2ccc(CC(CCC)NCC(O)c3cccc(F)c3)cc2O1. The van der Waals surface area contributed by atoms with E-state index in [0.29, 0.717) is 24.8 Å². The molecule has 1 aliphatic rings. The average molecular weight is 546 g/mol. The van der Waals surface area contributed by atoms with Crippen molar-refractivity contribution in [2.45, 2.75) is 83.6 Å². The first kappa shape index (κ1) is 30.4. The Hall–Kier alpha value is -3.17. The summed E-state index contributed by atoms with van der Waals surface area (Å²) in [6, 6.07) is 11.2. The lowest BCUT2D eigenvalue weighted by Crippen LogP contribution is -2.56. The van der Waals surface area contributed by atoms with Gasteiger partial charge in [0.05, 0.1) is 19.3 Å². The average Bonchev–Trinajstić information content (AvgIpc) is 3.32. The molecule has 2 aromatic rings. The van der Waals surface area contributed by atoms with Gasteiger partial charge in [-0.3, -0.25) is 0 Å². The smallest absolute Gasteiger partial charge is 0.453 e. The van der Waals surface area contributed by atoms with Crippen molar-refractivity contribution in [1.82, 2.24) is 5.32 Å². The number of esters is 2. The molecule has 0 amide bonds. The Labute approximate surface area is 229 Å². The van der Waals surface area contributed by atoms with Crippen molar-refractivity contribution in [3.05, 3.63) is 59.4 Å². The van der Waals surface area contributed by atoms with E-state index < -0.39 is 29.6 Å². The van der Waals surface area contributed by atoms with Crippen LogP contribution < -0.4 is 14.8 Å². The molecule has 0 saturated heterocycles. The summed E-state index contributed by atoms with van der Waals surface area (Å²) in [7, 11) is 0. The van der Waals surface area contributed by atoms with Crippen LogP contribution in [0, 0.1) is 5.82 Å². The van der Waals surface area contributed by atoms with Gasteiger partial charge >= 0.3 is 17.7 Å². The topological polar surface area (TPSA) is 103 Å². The highest BCUT2D eigenvalue weighted by Crippen LogP contribution is 2.41. The molecule has 39 heavy (non-hydrogen) atoms. The van der Waals surface area contributed by atoms with Crippen LogP contribution in [0.5, 0.6) is 11.5 Å². The molecule has 3 rings (SSSR count). The summed E-state index contributed by atoms with van der Waals surface area (Å²) in [6.07, 6.45) is 4.41. The molecule has 2 aromatic carbocycles. The molecular formula is C30H40FNO7. The van der Waals surface area contributed by atoms with E-state index in [1.165, 1.54) is 12.1 Å². The normalized spacial score (nSPS) is 15.0. The summed E-state index contributed by atoms with van der Waals surface area (Å²) in [5, 5.41) is 13.9. The molecule has 214 valence electrons. The maximum Gasteiger partial charge on any atom is 0.453 e. The van der Waals surface area contributed by atoms with Crippen LogP contribution in [0.1, 0.15) is 76.5 Å². The van der Waals surface area contributed by atoms with Crippen molar-refractivity contribution in [3.63, 3.8) is 0 Å². The molecule has 2 unspecified atom stereocenters. The van der Waals surface area contributed by atoms with Crippen molar-refractivity contribution in [3.8, 4) is 11.5 Å². The first-order valence-corrected chi connectivity index (χ1v) is 13.8. The number of carbonyl (C=O) groups is 2. The van der Waals surface area contributed by atoms with Gasteiger partial charge in [-0.1, -0.05) is 58.2 Å². The van der Waals surface area contributed by atoms with Gasteiger partial charge in [-0.25, -0.2) is 14.0 Å². The minimum absolute atomic E-state index is 0.0151. The van der Waals surface area contributed by atoms with Gasteiger partial charge in [0.2, 0.25) is 0 Å². The number of benzene rings is 2. The largest absolute Gasteiger partial charge is 0.459 e. The van der Waals surface area contributed by atoms with E-state index in [1.807, 2.05) is 19.9 Å². The van der Waals surface area contributed by atoms with Crippen LogP contribution in [0.15, 0.2) is 42.5 Å². The number of unbranched alkanes of at least 4 members (excludes halogenated alkanes) is 2. The number of nitrogens with one attached hydrogen (secondary N) is 1. The highest BCUT2D eigenvalue weighted by molar-refractivity contribution is 6.03. The summed E-state index contributed by atoms with van der Waals surface area (Å²) in [5.74, 6) is -4.10. The number of aliphatic hydroxyl groups excluding tert-OH is 1. The van der Waals surface area contributed by atoms with Crippen molar-refractivity contribution in [1.29, 1.82) is 0 Å². The summed E-state index contributed by atoms with van der Waals surface area (Å²) in [5.41, 5.74) is 1.40. The van der Waals surface area contributed by atoms with E-state index in [1.54, 1.807) is 24.3 Å². The highest BCUT2D eigenvalue weighted by atomic mass is 19.1. The number of rotatable bonds is 16. The number of carbonyl (C=O) groups excluding carboxylic acids is 2. The van der Waals surface area contributed by atoms with Gasteiger partial charge < -0.3 is 29.4 Å². The zero-order chi connectivity index (χ0) is 28.3. The number of hydrogen-bond acceptors (Lipinski definition) is 8.